The number of nitro benzene ring substituents is 1. The Labute approximate surface area is 122 Å². The van der Waals surface area contributed by atoms with Crippen LogP contribution in [0.5, 0.6) is 0 Å². The van der Waals surface area contributed by atoms with Gasteiger partial charge in [-0.3, -0.25) is 19.8 Å². The van der Waals surface area contributed by atoms with Gasteiger partial charge in [0.1, 0.15) is 5.69 Å². The van der Waals surface area contributed by atoms with Crippen molar-refractivity contribution in [1.29, 1.82) is 0 Å². The average molecular weight is 293 g/mol. The molecule has 0 amide bonds. The first-order chi connectivity index (χ1) is 10.0. The summed E-state index contributed by atoms with van der Waals surface area (Å²) in [7, 11) is 1.41. The fourth-order valence-electron chi connectivity index (χ4n) is 2.62. The number of likely N-dealkylation sites (tertiary alicyclic amines) is 1. The molecule has 1 aromatic carbocycles. The summed E-state index contributed by atoms with van der Waals surface area (Å²) in [6.45, 7) is 2.28. The molecule has 1 aliphatic heterocycles. The number of methoxy groups -OCH3 is 1. The molecule has 0 saturated carbocycles. The zero-order chi connectivity index (χ0) is 15.4. The number of ether oxygens (including phenoxy) is 1. The first-order valence-corrected chi connectivity index (χ1v) is 6.84. The number of piperidine rings is 1. The van der Waals surface area contributed by atoms with Gasteiger partial charge in [0.15, 0.2) is 0 Å². The van der Waals surface area contributed by atoms with Gasteiger partial charge in [0.25, 0.3) is 5.69 Å². The minimum absolute atomic E-state index is 0.0202. The maximum atomic E-state index is 11.5. The number of nitrogens with two attached hydrogens (primary N) is 1. The Hall–Kier alpha value is -2.15. The molecule has 1 heterocycles. The Balaban J connectivity index is 1.93. The van der Waals surface area contributed by atoms with E-state index >= 15 is 0 Å². The first kappa shape index (κ1) is 15.2. The summed E-state index contributed by atoms with van der Waals surface area (Å²) >= 11 is 0. The monoisotopic (exact) mass is 293 g/mol. The van der Waals surface area contributed by atoms with Crippen LogP contribution >= 0.6 is 0 Å². The first-order valence-electron chi connectivity index (χ1n) is 6.84. The number of carbonyl (C=O) groups is 1. The third-order valence-electron chi connectivity index (χ3n) is 3.82. The molecule has 0 bridgehead atoms. The van der Waals surface area contributed by atoms with Gasteiger partial charge in [-0.05, 0) is 37.6 Å². The van der Waals surface area contributed by atoms with E-state index in [0.29, 0.717) is 6.54 Å². The third-order valence-corrected chi connectivity index (χ3v) is 3.82. The molecule has 0 aromatic heterocycles. The minimum atomic E-state index is -0.485. The second-order valence-electron chi connectivity index (χ2n) is 5.22. The van der Waals surface area contributed by atoms with E-state index in [-0.39, 0.29) is 23.3 Å². The number of nitrogen functional groups attached to an aromatic ring is 1. The standard InChI is InChI=1S/C14H19N3O4/c1-21-14(18)11-4-6-16(7-5-11)9-10-2-3-13(17(19)20)12(15)8-10/h2-3,8,11H,4-7,9,15H2,1H3. The van der Waals surface area contributed by atoms with Gasteiger partial charge in [-0.25, -0.2) is 0 Å². The van der Waals surface area contributed by atoms with E-state index in [1.807, 2.05) is 0 Å². The molecule has 114 valence electrons. The maximum absolute atomic E-state index is 11.5. The number of anilines is 1. The molecule has 7 heteroatoms. The number of rotatable bonds is 4. The number of esters is 1. The Kier molecular flexibility index (Phi) is 4.74. The highest BCUT2D eigenvalue weighted by Gasteiger charge is 2.25. The van der Waals surface area contributed by atoms with Gasteiger partial charge in [0, 0.05) is 12.6 Å². The van der Waals surface area contributed by atoms with Crippen molar-refractivity contribution in [2.75, 3.05) is 25.9 Å². The average Bonchev–Trinajstić information content (AvgIpc) is 2.47. The summed E-state index contributed by atoms with van der Waals surface area (Å²) in [6, 6.07) is 4.80. The highest BCUT2D eigenvalue weighted by atomic mass is 16.6. The lowest BCUT2D eigenvalue weighted by molar-refractivity contribution is -0.383. The molecule has 0 spiro atoms. The molecule has 2 rings (SSSR count). The number of nitro groups is 1. The predicted molar refractivity (Wildman–Crippen MR) is 77.5 cm³/mol. The Bertz CT molecular complexity index is 539. The van der Waals surface area contributed by atoms with Gasteiger partial charge < -0.3 is 10.5 Å². The molecule has 0 atom stereocenters. The van der Waals surface area contributed by atoms with Crippen LogP contribution in [0.4, 0.5) is 11.4 Å². The SMILES string of the molecule is COC(=O)C1CCN(Cc2ccc([N+](=O)[O-])c(N)c2)CC1. The van der Waals surface area contributed by atoms with Gasteiger partial charge in [-0.15, -0.1) is 0 Å². The Morgan fingerprint density at radius 1 is 1.48 bits per heavy atom. The van der Waals surface area contributed by atoms with Crippen LogP contribution in [0, 0.1) is 16.0 Å². The van der Waals surface area contributed by atoms with Crippen LogP contribution in [-0.4, -0.2) is 36.0 Å². The van der Waals surface area contributed by atoms with E-state index in [2.05, 4.69) is 4.90 Å². The zero-order valence-corrected chi connectivity index (χ0v) is 11.9. The summed E-state index contributed by atoms with van der Waals surface area (Å²) in [5, 5.41) is 10.7. The van der Waals surface area contributed by atoms with Crippen molar-refractivity contribution in [3.8, 4) is 0 Å². The molecule has 1 aliphatic rings. The molecule has 1 fully saturated rings. The van der Waals surface area contributed by atoms with E-state index in [0.717, 1.165) is 31.5 Å². The van der Waals surface area contributed by atoms with Crippen molar-refractivity contribution in [3.63, 3.8) is 0 Å². The number of hydrogen-bond acceptors (Lipinski definition) is 6. The summed E-state index contributed by atoms with van der Waals surface area (Å²) in [5.74, 6) is -0.164. The van der Waals surface area contributed by atoms with Gasteiger partial charge in [-0.2, -0.15) is 0 Å². The van der Waals surface area contributed by atoms with Gasteiger partial charge in [0.05, 0.1) is 18.0 Å². The largest absolute Gasteiger partial charge is 0.469 e. The molecule has 7 nitrogen and oxygen atoms in total. The van der Waals surface area contributed by atoms with Crippen LogP contribution in [0.25, 0.3) is 0 Å². The van der Waals surface area contributed by atoms with E-state index in [1.165, 1.54) is 13.2 Å². The Morgan fingerprint density at radius 3 is 2.67 bits per heavy atom. The number of benzene rings is 1. The van der Waals surface area contributed by atoms with Crippen LogP contribution in [-0.2, 0) is 16.1 Å². The van der Waals surface area contributed by atoms with Gasteiger partial charge >= 0.3 is 5.97 Å². The fraction of sp³-hybridized carbons (Fsp3) is 0.500. The third kappa shape index (κ3) is 3.69. The van der Waals surface area contributed by atoms with Gasteiger partial charge in [-0.1, -0.05) is 6.07 Å². The lowest BCUT2D eigenvalue weighted by Gasteiger charge is -2.30. The van der Waals surface area contributed by atoms with Crippen LogP contribution in [0.3, 0.4) is 0 Å². The molecule has 0 aliphatic carbocycles. The molecule has 1 aromatic rings. The molecule has 0 radical (unpaired) electrons. The number of nitrogens with zero attached hydrogens (tertiary/aromatic N) is 2. The van der Waals surface area contributed by atoms with Crippen molar-refractivity contribution in [1.82, 2.24) is 4.90 Å². The number of hydrogen-bond donors (Lipinski definition) is 1. The van der Waals surface area contributed by atoms with Crippen molar-refractivity contribution in [2.24, 2.45) is 5.92 Å². The summed E-state index contributed by atoms with van der Waals surface area (Å²) in [4.78, 5) is 23.9. The molecule has 1 saturated heterocycles. The number of carbonyl (C=O) groups excluding carboxylic acids is 1. The van der Waals surface area contributed by atoms with Crippen LogP contribution in [0.15, 0.2) is 18.2 Å². The molecule has 0 unspecified atom stereocenters. The van der Waals surface area contributed by atoms with Crippen LogP contribution in [0.1, 0.15) is 18.4 Å². The lowest BCUT2D eigenvalue weighted by Crippen LogP contribution is -2.36. The predicted octanol–water partition coefficient (Wildman–Crippen LogP) is 1.56. The summed E-state index contributed by atoms with van der Waals surface area (Å²) in [5.41, 5.74) is 6.74. The molecule has 2 N–H and O–H groups in total. The van der Waals surface area contributed by atoms with Crippen LogP contribution in [0.2, 0.25) is 0 Å². The van der Waals surface area contributed by atoms with E-state index in [4.69, 9.17) is 10.5 Å². The molecular formula is C14H19N3O4. The quantitative estimate of drug-likeness (QED) is 0.391. The second kappa shape index (κ2) is 6.53. The van der Waals surface area contributed by atoms with Crippen molar-refractivity contribution >= 4 is 17.3 Å². The fourth-order valence-corrected chi connectivity index (χ4v) is 2.62. The molecular weight excluding hydrogens is 274 g/mol. The minimum Gasteiger partial charge on any atom is -0.469 e. The maximum Gasteiger partial charge on any atom is 0.308 e. The lowest BCUT2D eigenvalue weighted by atomic mass is 9.96. The van der Waals surface area contributed by atoms with Crippen molar-refractivity contribution < 1.29 is 14.5 Å². The highest BCUT2D eigenvalue weighted by molar-refractivity contribution is 5.72. The summed E-state index contributed by atoms with van der Waals surface area (Å²) < 4.78 is 4.76. The second-order valence-corrected chi connectivity index (χ2v) is 5.22. The van der Waals surface area contributed by atoms with Gasteiger partial charge in [0.2, 0.25) is 0 Å². The Morgan fingerprint density at radius 2 is 2.14 bits per heavy atom. The van der Waals surface area contributed by atoms with Crippen molar-refractivity contribution in [3.05, 3.63) is 33.9 Å². The van der Waals surface area contributed by atoms with E-state index in [1.54, 1.807) is 12.1 Å². The topological polar surface area (TPSA) is 98.7 Å². The zero-order valence-electron chi connectivity index (χ0n) is 11.9. The van der Waals surface area contributed by atoms with Crippen LogP contribution < -0.4 is 5.73 Å². The summed E-state index contributed by atoms with van der Waals surface area (Å²) in [6.07, 6.45) is 1.55. The van der Waals surface area contributed by atoms with E-state index < -0.39 is 4.92 Å². The molecule has 21 heavy (non-hydrogen) atoms. The normalized spacial score (nSPS) is 16.6. The highest BCUT2D eigenvalue weighted by Crippen LogP contribution is 2.24. The van der Waals surface area contributed by atoms with E-state index in [9.17, 15) is 14.9 Å². The smallest absolute Gasteiger partial charge is 0.308 e. The van der Waals surface area contributed by atoms with Crippen molar-refractivity contribution in [2.45, 2.75) is 19.4 Å².